The van der Waals surface area contributed by atoms with E-state index < -0.39 is 22.6 Å². The van der Waals surface area contributed by atoms with Crippen molar-refractivity contribution in [3.05, 3.63) is 58.1 Å². The number of carbonyl (C=O) groups excluding carboxylic acids is 2. The van der Waals surface area contributed by atoms with E-state index in [0.717, 1.165) is 21.0 Å². The molecule has 2 aromatic rings. The highest BCUT2D eigenvalue weighted by Crippen LogP contribution is 2.27. The smallest absolute Gasteiger partial charge is 0.338 e. The normalized spacial score (nSPS) is 11.4. The molecule has 2 rings (SSSR count). The molecule has 0 atom stereocenters. The Morgan fingerprint density at radius 1 is 1.00 bits per heavy atom. The summed E-state index contributed by atoms with van der Waals surface area (Å²) in [6, 6.07) is 7.74. The van der Waals surface area contributed by atoms with Crippen LogP contribution in [0.3, 0.4) is 0 Å². The molecule has 0 aliphatic carbocycles. The highest BCUT2D eigenvalue weighted by molar-refractivity contribution is 7.89. The van der Waals surface area contributed by atoms with Crippen molar-refractivity contribution < 1.29 is 27.5 Å². The third-order valence-corrected chi connectivity index (χ3v) is 6.28. The van der Waals surface area contributed by atoms with Crippen LogP contribution in [-0.4, -0.2) is 52.3 Å². The average molecular weight is 419 g/mol. The van der Waals surface area contributed by atoms with Gasteiger partial charge in [0.05, 0.1) is 12.7 Å². The molecule has 0 bridgehead atoms. The third-order valence-electron chi connectivity index (χ3n) is 4.45. The number of esters is 1. The first-order chi connectivity index (χ1) is 13.5. The Kier molecular flexibility index (Phi) is 6.81. The van der Waals surface area contributed by atoms with Crippen molar-refractivity contribution in [2.45, 2.75) is 25.7 Å². The summed E-state index contributed by atoms with van der Waals surface area (Å²) in [5.41, 5.74) is 3.20. The molecule has 7 nitrogen and oxygen atoms in total. The SMILES string of the molecule is COc1ccc(C(=O)OCC(=O)c2c(C)cc(C)cc2C)cc1S(=O)(=O)N(C)C. The molecule has 0 saturated carbocycles. The Balaban J connectivity index is 2.25. The molecule has 29 heavy (non-hydrogen) atoms. The van der Waals surface area contributed by atoms with Gasteiger partial charge in [-0.1, -0.05) is 17.7 Å². The van der Waals surface area contributed by atoms with Crippen LogP contribution < -0.4 is 4.74 Å². The molecule has 0 aliphatic heterocycles. The number of ether oxygens (including phenoxy) is 2. The third kappa shape index (κ3) is 4.83. The zero-order valence-corrected chi connectivity index (χ0v) is 18.2. The Labute approximate surface area is 171 Å². The van der Waals surface area contributed by atoms with E-state index in [1.807, 2.05) is 32.9 Å². The van der Waals surface area contributed by atoms with E-state index in [2.05, 4.69) is 0 Å². The Hall–Kier alpha value is -2.71. The Morgan fingerprint density at radius 3 is 2.10 bits per heavy atom. The van der Waals surface area contributed by atoms with Crippen LogP contribution in [0.25, 0.3) is 0 Å². The summed E-state index contributed by atoms with van der Waals surface area (Å²) in [6.45, 7) is 5.16. The minimum atomic E-state index is -3.83. The second-order valence-electron chi connectivity index (χ2n) is 6.93. The molecule has 0 amide bonds. The van der Waals surface area contributed by atoms with Gasteiger partial charge in [-0.05, 0) is 50.1 Å². The van der Waals surface area contributed by atoms with Gasteiger partial charge in [-0.15, -0.1) is 0 Å². The Bertz CT molecular complexity index is 1030. The van der Waals surface area contributed by atoms with E-state index in [-0.39, 0.29) is 22.0 Å². The number of sulfonamides is 1. The van der Waals surface area contributed by atoms with Gasteiger partial charge in [0.1, 0.15) is 10.6 Å². The van der Waals surface area contributed by atoms with Crippen LogP contribution in [-0.2, 0) is 14.8 Å². The van der Waals surface area contributed by atoms with Gasteiger partial charge in [0.25, 0.3) is 0 Å². The second-order valence-corrected chi connectivity index (χ2v) is 9.05. The molecule has 0 unspecified atom stereocenters. The summed E-state index contributed by atoms with van der Waals surface area (Å²) in [7, 11) is 0.268. The van der Waals surface area contributed by atoms with Crippen LogP contribution in [0, 0.1) is 20.8 Å². The van der Waals surface area contributed by atoms with Gasteiger partial charge in [-0.2, -0.15) is 0 Å². The van der Waals surface area contributed by atoms with Crippen molar-refractivity contribution in [1.82, 2.24) is 4.31 Å². The van der Waals surface area contributed by atoms with Crippen LogP contribution >= 0.6 is 0 Å². The first kappa shape index (κ1) is 22.6. The van der Waals surface area contributed by atoms with Crippen molar-refractivity contribution >= 4 is 21.8 Å². The molecule has 0 radical (unpaired) electrons. The van der Waals surface area contributed by atoms with E-state index in [9.17, 15) is 18.0 Å². The number of carbonyl (C=O) groups is 2. The molecule has 0 saturated heterocycles. The number of hydrogen-bond acceptors (Lipinski definition) is 6. The van der Waals surface area contributed by atoms with E-state index in [0.29, 0.717) is 5.56 Å². The van der Waals surface area contributed by atoms with Crippen molar-refractivity contribution in [1.29, 1.82) is 0 Å². The van der Waals surface area contributed by atoms with E-state index in [1.165, 1.54) is 39.4 Å². The fourth-order valence-electron chi connectivity index (χ4n) is 3.11. The molecule has 2 aromatic carbocycles. The standard InChI is InChI=1S/C21H25NO6S/c1-13-9-14(2)20(15(3)10-13)17(23)12-28-21(24)16-7-8-18(27-6)19(11-16)29(25,26)22(4)5/h7-11H,12H2,1-6H3. The summed E-state index contributed by atoms with van der Waals surface area (Å²) >= 11 is 0. The maximum Gasteiger partial charge on any atom is 0.338 e. The lowest BCUT2D eigenvalue weighted by Crippen LogP contribution is -2.23. The zero-order valence-electron chi connectivity index (χ0n) is 17.4. The summed E-state index contributed by atoms with van der Waals surface area (Å²) in [5.74, 6) is -1.00. The predicted molar refractivity (Wildman–Crippen MR) is 109 cm³/mol. The van der Waals surface area contributed by atoms with Crippen LogP contribution in [0.2, 0.25) is 0 Å². The highest BCUT2D eigenvalue weighted by atomic mass is 32.2. The number of nitrogens with zero attached hydrogens (tertiary/aromatic N) is 1. The monoisotopic (exact) mass is 419 g/mol. The molecule has 0 aliphatic rings. The van der Waals surface area contributed by atoms with Gasteiger partial charge in [0, 0.05) is 19.7 Å². The number of benzene rings is 2. The van der Waals surface area contributed by atoms with E-state index >= 15 is 0 Å². The molecular weight excluding hydrogens is 394 g/mol. The minimum absolute atomic E-state index is 0.0105. The molecule has 156 valence electrons. The topological polar surface area (TPSA) is 90.0 Å². The van der Waals surface area contributed by atoms with Gasteiger partial charge in [-0.3, -0.25) is 4.79 Å². The van der Waals surface area contributed by atoms with Crippen molar-refractivity contribution in [2.24, 2.45) is 0 Å². The molecule has 0 spiro atoms. The van der Waals surface area contributed by atoms with E-state index in [1.54, 1.807) is 0 Å². The van der Waals surface area contributed by atoms with Crippen LogP contribution in [0.5, 0.6) is 5.75 Å². The first-order valence-corrected chi connectivity index (χ1v) is 10.3. The van der Waals surface area contributed by atoms with Gasteiger partial charge in [-0.25, -0.2) is 17.5 Å². The Morgan fingerprint density at radius 2 is 1.59 bits per heavy atom. The van der Waals surface area contributed by atoms with Crippen molar-refractivity contribution in [3.63, 3.8) is 0 Å². The number of methoxy groups -OCH3 is 1. The quantitative estimate of drug-likeness (QED) is 0.506. The lowest BCUT2D eigenvalue weighted by Gasteiger charge is -2.15. The summed E-state index contributed by atoms with van der Waals surface area (Å²) < 4.78 is 36.2. The zero-order chi connectivity index (χ0) is 21.9. The molecule has 8 heteroatoms. The number of Topliss-reactive ketones (excluding diaryl/α,β-unsaturated/α-hetero) is 1. The van der Waals surface area contributed by atoms with E-state index in [4.69, 9.17) is 9.47 Å². The van der Waals surface area contributed by atoms with Gasteiger partial charge in [0.2, 0.25) is 15.8 Å². The molecule has 0 aromatic heterocycles. The number of rotatable bonds is 7. The van der Waals surface area contributed by atoms with Gasteiger partial charge >= 0.3 is 5.97 Å². The summed E-state index contributed by atoms with van der Waals surface area (Å²) in [5, 5.41) is 0. The largest absolute Gasteiger partial charge is 0.495 e. The second kappa shape index (κ2) is 8.75. The highest BCUT2D eigenvalue weighted by Gasteiger charge is 2.24. The molecule has 0 fully saturated rings. The predicted octanol–water partition coefficient (Wildman–Crippen LogP) is 2.91. The first-order valence-electron chi connectivity index (χ1n) is 8.87. The summed E-state index contributed by atoms with van der Waals surface area (Å²) in [6.07, 6.45) is 0. The number of hydrogen-bond donors (Lipinski definition) is 0. The molecule has 0 N–H and O–H groups in total. The minimum Gasteiger partial charge on any atom is -0.495 e. The van der Waals surface area contributed by atoms with Gasteiger partial charge < -0.3 is 9.47 Å². The van der Waals surface area contributed by atoms with Crippen molar-refractivity contribution in [3.8, 4) is 5.75 Å². The van der Waals surface area contributed by atoms with Crippen LogP contribution in [0.1, 0.15) is 37.4 Å². The number of aryl methyl sites for hydroxylation is 3. The molecular formula is C21H25NO6S. The van der Waals surface area contributed by atoms with Crippen LogP contribution in [0.4, 0.5) is 0 Å². The summed E-state index contributed by atoms with van der Waals surface area (Å²) in [4.78, 5) is 24.8. The fraction of sp³-hybridized carbons (Fsp3) is 0.333. The average Bonchev–Trinajstić information content (AvgIpc) is 2.64. The van der Waals surface area contributed by atoms with Crippen LogP contribution in [0.15, 0.2) is 35.2 Å². The number of ketones is 1. The maximum atomic E-state index is 12.5. The fourth-order valence-corrected chi connectivity index (χ4v) is 4.18. The lowest BCUT2D eigenvalue weighted by molar-refractivity contribution is 0.0474. The maximum absolute atomic E-state index is 12.5. The molecule has 0 heterocycles. The van der Waals surface area contributed by atoms with Crippen molar-refractivity contribution in [2.75, 3.05) is 27.8 Å². The lowest BCUT2D eigenvalue weighted by atomic mass is 9.97. The van der Waals surface area contributed by atoms with Gasteiger partial charge in [0.15, 0.2) is 6.61 Å².